The Morgan fingerprint density at radius 3 is 2.44 bits per heavy atom. The number of anilines is 1. The van der Waals surface area contributed by atoms with Gasteiger partial charge in [0.2, 0.25) is 0 Å². The number of nitrogens with zero attached hydrogens (tertiary/aromatic N) is 3. The third-order valence-corrected chi connectivity index (χ3v) is 5.79. The Morgan fingerprint density at radius 2 is 1.79 bits per heavy atom. The Labute approximate surface area is 197 Å². The molecule has 168 valence electrons. The molecule has 0 unspecified atom stereocenters. The standard InChI is InChI=1S/C27H21FN4O2/c1-15-20(25-16(2)22(13-30)27(31)32-26(25)21(15)12-29)10-18-6-9-23(24(11-18)33-3)34-14-17-4-7-19(28)8-5-17/h4-11H,14H2,1-3H3,(H2,31,32). The predicted octanol–water partition coefficient (Wildman–Crippen LogP) is 5.42. The van der Waals surface area contributed by atoms with Crippen molar-refractivity contribution in [1.82, 2.24) is 4.98 Å². The molecule has 6 nitrogen and oxygen atoms in total. The SMILES string of the molecule is COc1cc(C=C2C(C)=C(C#N)c3nc(N)c(C#N)c(C)c32)ccc1OCc1ccc(F)cc1. The number of hydrogen-bond acceptors (Lipinski definition) is 6. The molecule has 7 heteroatoms. The lowest BCUT2D eigenvalue weighted by Gasteiger charge is -2.13. The molecule has 0 aliphatic heterocycles. The molecule has 34 heavy (non-hydrogen) atoms. The highest BCUT2D eigenvalue weighted by atomic mass is 19.1. The fourth-order valence-corrected chi connectivity index (χ4v) is 4.00. The normalized spacial score (nSPS) is 13.4. The maximum absolute atomic E-state index is 13.1. The molecule has 2 N–H and O–H groups in total. The van der Waals surface area contributed by atoms with Gasteiger partial charge in [-0.1, -0.05) is 18.2 Å². The van der Waals surface area contributed by atoms with Crippen LogP contribution in [0.1, 0.15) is 40.4 Å². The fourth-order valence-electron chi connectivity index (χ4n) is 4.00. The third kappa shape index (κ3) is 3.96. The smallest absolute Gasteiger partial charge is 0.161 e. The number of ether oxygens (including phenoxy) is 2. The third-order valence-electron chi connectivity index (χ3n) is 5.79. The highest BCUT2D eigenvalue weighted by Gasteiger charge is 2.29. The molecule has 0 bridgehead atoms. The summed E-state index contributed by atoms with van der Waals surface area (Å²) in [5, 5.41) is 19.2. The number of allylic oxidation sites excluding steroid dienone is 3. The first-order valence-corrected chi connectivity index (χ1v) is 10.5. The number of hydrogen-bond donors (Lipinski definition) is 1. The van der Waals surface area contributed by atoms with Crippen molar-refractivity contribution >= 4 is 23.0 Å². The van der Waals surface area contributed by atoms with E-state index in [0.29, 0.717) is 33.9 Å². The van der Waals surface area contributed by atoms with Crippen molar-refractivity contribution < 1.29 is 13.9 Å². The van der Waals surface area contributed by atoms with Crippen molar-refractivity contribution in [3.8, 4) is 23.6 Å². The fraction of sp³-hybridized carbons (Fsp3) is 0.148. The summed E-state index contributed by atoms with van der Waals surface area (Å²) in [7, 11) is 1.55. The molecule has 1 heterocycles. The van der Waals surface area contributed by atoms with E-state index >= 15 is 0 Å². The molecule has 0 spiro atoms. The number of methoxy groups -OCH3 is 1. The van der Waals surface area contributed by atoms with Gasteiger partial charge in [0.25, 0.3) is 0 Å². The van der Waals surface area contributed by atoms with Gasteiger partial charge in [0.1, 0.15) is 30.4 Å². The van der Waals surface area contributed by atoms with Crippen molar-refractivity contribution in [3.63, 3.8) is 0 Å². The largest absolute Gasteiger partial charge is 0.493 e. The van der Waals surface area contributed by atoms with Gasteiger partial charge in [-0.2, -0.15) is 10.5 Å². The quantitative estimate of drug-likeness (QED) is 0.554. The molecule has 1 aliphatic rings. The van der Waals surface area contributed by atoms with Crippen LogP contribution >= 0.6 is 0 Å². The van der Waals surface area contributed by atoms with Gasteiger partial charge in [-0.25, -0.2) is 9.37 Å². The molecule has 1 aliphatic carbocycles. The number of fused-ring (bicyclic) bond motifs is 1. The second-order valence-corrected chi connectivity index (χ2v) is 7.83. The minimum Gasteiger partial charge on any atom is -0.493 e. The van der Waals surface area contributed by atoms with Gasteiger partial charge in [0, 0.05) is 5.56 Å². The van der Waals surface area contributed by atoms with E-state index in [9.17, 15) is 14.9 Å². The molecule has 0 radical (unpaired) electrons. The van der Waals surface area contributed by atoms with Crippen molar-refractivity contribution in [2.24, 2.45) is 0 Å². The molecular formula is C27H21FN4O2. The Hall–Kier alpha value is -4.62. The summed E-state index contributed by atoms with van der Waals surface area (Å²) >= 11 is 0. The van der Waals surface area contributed by atoms with E-state index in [-0.39, 0.29) is 18.2 Å². The van der Waals surface area contributed by atoms with E-state index in [2.05, 4.69) is 17.1 Å². The zero-order valence-corrected chi connectivity index (χ0v) is 18.9. The van der Waals surface area contributed by atoms with Crippen LogP contribution in [-0.2, 0) is 6.61 Å². The average Bonchev–Trinajstić information content (AvgIpc) is 3.09. The maximum atomic E-state index is 13.1. The second kappa shape index (κ2) is 9.09. The summed E-state index contributed by atoms with van der Waals surface area (Å²) < 4.78 is 24.5. The molecule has 0 saturated carbocycles. The first-order valence-electron chi connectivity index (χ1n) is 10.5. The lowest BCUT2D eigenvalue weighted by molar-refractivity contribution is 0.284. The van der Waals surface area contributed by atoms with Gasteiger partial charge in [0.15, 0.2) is 11.5 Å². The van der Waals surface area contributed by atoms with Crippen LogP contribution in [0.25, 0.3) is 17.2 Å². The van der Waals surface area contributed by atoms with E-state index in [1.165, 1.54) is 12.1 Å². The zero-order chi connectivity index (χ0) is 24.4. The van der Waals surface area contributed by atoms with Gasteiger partial charge >= 0.3 is 0 Å². The van der Waals surface area contributed by atoms with Crippen molar-refractivity contribution in [1.29, 1.82) is 10.5 Å². The van der Waals surface area contributed by atoms with Crippen LogP contribution in [0.15, 0.2) is 48.0 Å². The molecule has 2 aromatic carbocycles. The minimum absolute atomic E-state index is 0.116. The number of benzene rings is 2. The van der Waals surface area contributed by atoms with E-state index < -0.39 is 0 Å². The summed E-state index contributed by atoms with van der Waals surface area (Å²) in [4.78, 5) is 4.35. The number of halogens is 1. The molecule has 3 aromatic rings. The van der Waals surface area contributed by atoms with Gasteiger partial charge in [0.05, 0.1) is 23.9 Å². The number of nitriles is 2. The van der Waals surface area contributed by atoms with E-state index in [0.717, 1.165) is 27.8 Å². The minimum atomic E-state index is -0.300. The van der Waals surface area contributed by atoms with Crippen molar-refractivity contribution in [2.45, 2.75) is 20.5 Å². The lowest BCUT2D eigenvalue weighted by Crippen LogP contribution is -2.03. The summed E-state index contributed by atoms with van der Waals surface area (Å²) in [5.41, 5.74) is 11.8. The Balaban J connectivity index is 1.72. The molecule has 4 rings (SSSR count). The molecular weight excluding hydrogens is 431 g/mol. The number of nitrogen functional groups attached to an aromatic ring is 1. The molecule has 0 saturated heterocycles. The van der Waals surface area contributed by atoms with Gasteiger partial charge in [-0.15, -0.1) is 0 Å². The first-order chi connectivity index (χ1) is 16.4. The highest BCUT2D eigenvalue weighted by molar-refractivity contribution is 6.08. The highest BCUT2D eigenvalue weighted by Crippen LogP contribution is 2.44. The Kier molecular flexibility index (Phi) is 6.03. The number of pyridine rings is 1. The van der Waals surface area contributed by atoms with E-state index in [1.807, 2.05) is 32.1 Å². The van der Waals surface area contributed by atoms with E-state index in [4.69, 9.17) is 15.2 Å². The van der Waals surface area contributed by atoms with Crippen LogP contribution in [0.3, 0.4) is 0 Å². The predicted molar refractivity (Wildman–Crippen MR) is 128 cm³/mol. The Bertz CT molecular complexity index is 1440. The van der Waals surface area contributed by atoms with Crippen LogP contribution < -0.4 is 15.2 Å². The van der Waals surface area contributed by atoms with Crippen molar-refractivity contribution in [2.75, 3.05) is 12.8 Å². The number of nitrogens with two attached hydrogens (primary N) is 1. The van der Waals surface area contributed by atoms with Gasteiger partial charge in [-0.05, 0) is 72.0 Å². The number of rotatable bonds is 5. The van der Waals surface area contributed by atoms with Crippen LogP contribution in [0.5, 0.6) is 11.5 Å². The molecule has 0 atom stereocenters. The maximum Gasteiger partial charge on any atom is 0.161 e. The molecule has 0 fully saturated rings. The summed E-state index contributed by atoms with van der Waals surface area (Å²) in [5.74, 6) is 0.890. The van der Waals surface area contributed by atoms with Gasteiger partial charge in [-0.3, -0.25) is 0 Å². The topological polar surface area (TPSA) is 105 Å². The summed E-state index contributed by atoms with van der Waals surface area (Å²) in [6.45, 7) is 3.93. The molecule has 0 amide bonds. The Morgan fingerprint density at radius 1 is 1.06 bits per heavy atom. The number of aromatic nitrogens is 1. The van der Waals surface area contributed by atoms with Gasteiger partial charge < -0.3 is 15.2 Å². The summed E-state index contributed by atoms with van der Waals surface area (Å²) in [6, 6.07) is 15.9. The van der Waals surface area contributed by atoms with Crippen LogP contribution in [0, 0.1) is 35.4 Å². The average molecular weight is 452 g/mol. The van der Waals surface area contributed by atoms with E-state index in [1.54, 1.807) is 25.3 Å². The van der Waals surface area contributed by atoms with Crippen LogP contribution in [0.2, 0.25) is 0 Å². The molecule has 1 aromatic heterocycles. The zero-order valence-electron chi connectivity index (χ0n) is 18.9. The first kappa shape index (κ1) is 22.6. The monoisotopic (exact) mass is 452 g/mol. The second-order valence-electron chi connectivity index (χ2n) is 7.83. The lowest BCUT2D eigenvalue weighted by atomic mass is 9.95. The van der Waals surface area contributed by atoms with Crippen LogP contribution in [-0.4, -0.2) is 12.1 Å². The van der Waals surface area contributed by atoms with Crippen molar-refractivity contribution in [3.05, 3.63) is 87.4 Å². The summed E-state index contributed by atoms with van der Waals surface area (Å²) in [6.07, 6.45) is 1.93. The van der Waals surface area contributed by atoms with Crippen LogP contribution in [0.4, 0.5) is 10.2 Å².